The number of amides is 1. The smallest absolute Gasteiger partial charge is 0.244 e. The fourth-order valence-corrected chi connectivity index (χ4v) is 4.55. The van der Waals surface area contributed by atoms with Gasteiger partial charge in [0.2, 0.25) is 15.9 Å². The van der Waals surface area contributed by atoms with Crippen molar-refractivity contribution in [3.8, 4) is 0 Å². The van der Waals surface area contributed by atoms with E-state index in [4.69, 9.17) is 0 Å². The first-order valence-corrected chi connectivity index (χ1v) is 11.2. The van der Waals surface area contributed by atoms with Gasteiger partial charge in [-0.25, -0.2) is 8.42 Å². The number of anilines is 1. The molecule has 0 radical (unpaired) electrons. The lowest BCUT2D eigenvalue weighted by Crippen LogP contribution is -2.45. The van der Waals surface area contributed by atoms with E-state index >= 15 is 0 Å². The van der Waals surface area contributed by atoms with Crippen molar-refractivity contribution in [1.82, 2.24) is 14.5 Å². The fraction of sp³-hybridized carbons (Fsp3) is 0.130. The first-order valence-electron chi connectivity index (χ1n) is 9.76. The SMILES string of the molecule is Cn1ccc(NC(=O)[C@@H](Cc2ccccc2)NS(=O)(=O)c2ccc3ccccc3c2)n1. The second kappa shape index (κ2) is 8.71. The van der Waals surface area contributed by atoms with E-state index in [1.54, 1.807) is 42.2 Å². The van der Waals surface area contributed by atoms with Gasteiger partial charge in [-0.2, -0.15) is 9.82 Å². The summed E-state index contributed by atoms with van der Waals surface area (Å²) in [6, 6.07) is 22.3. The van der Waals surface area contributed by atoms with Gasteiger partial charge in [0, 0.05) is 19.3 Å². The largest absolute Gasteiger partial charge is 0.308 e. The molecular weight excluding hydrogens is 412 g/mol. The first-order chi connectivity index (χ1) is 14.9. The minimum absolute atomic E-state index is 0.106. The molecule has 158 valence electrons. The Kier molecular flexibility index (Phi) is 5.83. The zero-order chi connectivity index (χ0) is 21.8. The normalized spacial score (nSPS) is 12.5. The minimum atomic E-state index is -3.94. The number of hydrogen-bond acceptors (Lipinski definition) is 4. The Labute approximate surface area is 180 Å². The monoisotopic (exact) mass is 434 g/mol. The number of hydrogen-bond donors (Lipinski definition) is 2. The summed E-state index contributed by atoms with van der Waals surface area (Å²) >= 11 is 0. The standard InChI is InChI=1S/C23H22N4O3S/c1-27-14-13-22(25-27)24-23(28)21(15-17-7-3-2-4-8-17)26-31(29,30)20-12-11-18-9-5-6-10-19(18)16-20/h2-14,16,21,26H,15H2,1H3,(H,24,25,28)/t21-/m1/s1. The Bertz CT molecular complexity index is 1320. The number of fused-ring (bicyclic) bond motifs is 1. The van der Waals surface area contributed by atoms with Crippen molar-refractivity contribution in [1.29, 1.82) is 0 Å². The molecule has 1 atom stereocenters. The molecule has 0 aliphatic rings. The van der Waals surface area contributed by atoms with Crippen LogP contribution in [0.1, 0.15) is 5.56 Å². The van der Waals surface area contributed by atoms with E-state index in [0.29, 0.717) is 5.82 Å². The van der Waals surface area contributed by atoms with E-state index in [-0.39, 0.29) is 11.3 Å². The van der Waals surface area contributed by atoms with Crippen molar-refractivity contribution >= 4 is 32.5 Å². The average Bonchev–Trinajstić information content (AvgIpc) is 3.18. The molecule has 2 N–H and O–H groups in total. The highest BCUT2D eigenvalue weighted by atomic mass is 32.2. The maximum absolute atomic E-state index is 13.1. The number of rotatable bonds is 7. The molecule has 0 spiro atoms. The number of sulfonamides is 1. The molecule has 0 fully saturated rings. The summed E-state index contributed by atoms with van der Waals surface area (Å²) in [5, 5.41) is 8.57. The van der Waals surface area contributed by atoms with Crippen molar-refractivity contribution in [3.05, 3.63) is 90.6 Å². The highest BCUT2D eigenvalue weighted by Crippen LogP contribution is 2.20. The molecule has 1 aromatic heterocycles. The van der Waals surface area contributed by atoms with Gasteiger partial charge in [0.1, 0.15) is 6.04 Å². The number of carbonyl (C=O) groups excluding carboxylic acids is 1. The number of nitrogens with one attached hydrogen (secondary N) is 2. The van der Waals surface area contributed by atoms with Crippen LogP contribution in [0.2, 0.25) is 0 Å². The lowest BCUT2D eigenvalue weighted by molar-refractivity contribution is -0.117. The van der Waals surface area contributed by atoms with Crippen LogP contribution in [-0.4, -0.2) is 30.1 Å². The summed E-state index contributed by atoms with van der Waals surface area (Å²) in [6.45, 7) is 0. The fourth-order valence-electron chi connectivity index (χ4n) is 3.32. The molecule has 0 aliphatic carbocycles. The summed E-state index contributed by atoms with van der Waals surface area (Å²) < 4.78 is 30.4. The van der Waals surface area contributed by atoms with E-state index in [9.17, 15) is 13.2 Å². The van der Waals surface area contributed by atoms with Crippen molar-refractivity contribution in [2.75, 3.05) is 5.32 Å². The van der Waals surface area contributed by atoms with Gasteiger partial charge in [-0.3, -0.25) is 9.48 Å². The highest BCUT2D eigenvalue weighted by Gasteiger charge is 2.27. The zero-order valence-corrected chi connectivity index (χ0v) is 17.7. The van der Waals surface area contributed by atoms with Crippen molar-refractivity contribution in [2.45, 2.75) is 17.4 Å². The second-order valence-corrected chi connectivity index (χ2v) is 8.95. The van der Waals surface area contributed by atoms with E-state index in [2.05, 4.69) is 15.1 Å². The van der Waals surface area contributed by atoms with Gasteiger partial charge < -0.3 is 5.32 Å². The predicted molar refractivity (Wildman–Crippen MR) is 120 cm³/mol. The van der Waals surface area contributed by atoms with E-state index in [1.807, 2.05) is 54.6 Å². The minimum Gasteiger partial charge on any atom is -0.308 e. The maximum Gasteiger partial charge on any atom is 0.244 e. The molecule has 0 aliphatic heterocycles. The average molecular weight is 435 g/mol. The van der Waals surface area contributed by atoms with Crippen LogP contribution in [-0.2, 0) is 28.3 Å². The number of benzene rings is 3. The Morgan fingerprint density at radius 2 is 1.68 bits per heavy atom. The lowest BCUT2D eigenvalue weighted by atomic mass is 10.1. The zero-order valence-electron chi connectivity index (χ0n) is 16.9. The van der Waals surface area contributed by atoms with Crippen LogP contribution < -0.4 is 10.0 Å². The Balaban J connectivity index is 1.62. The predicted octanol–water partition coefficient (Wildman–Crippen LogP) is 3.10. The third-order valence-corrected chi connectivity index (χ3v) is 6.36. The molecule has 31 heavy (non-hydrogen) atoms. The Morgan fingerprint density at radius 1 is 0.968 bits per heavy atom. The summed E-state index contributed by atoms with van der Waals surface area (Å²) in [7, 11) is -2.20. The first kappa shape index (κ1) is 20.8. The van der Waals surface area contributed by atoms with Crippen LogP contribution in [0.4, 0.5) is 5.82 Å². The number of aromatic nitrogens is 2. The third kappa shape index (κ3) is 4.99. The Hall–Kier alpha value is -3.49. The maximum atomic E-state index is 13.1. The van der Waals surface area contributed by atoms with Crippen LogP contribution in [0.15, 0.2) is 90.0 Å². The molecular formula is C23H22N4O3S. The molecule has 0 unspecified atom stereocenters. The molecule has 4 aromatic rings. The molecule has 3 aromatic carbocycles. The van der Waals surface area contributed by atoms with Crippen molar-refractivity contribution in [3.63, 3.8) is 0 Å². The van der Waals surface area contributed by atoms with Gasteiger partial charge in [-0.1, -0.05) is 60.7 Å². The van der Waals surface area contributed by atoms with Crippen LogP contribution in [0.25, 0.3) is 10.8 Å². The van der Waals surface area contributed by atoms with Gasteiger partial charge in [0.15, 0.2) is 5.82 Å². The third-order valence-electron chi connectivity index (χ3n) is 4.89. The molecule has 1 amide bonds. The number of nitrogens with zero attached hydrogens (tertiary/aromatic N) is 2. The second-order valence-electron chi connectivity index (χ2n) is 7.24. The lowest BCUT2D eigenvalue weighted by Gasteiger charge is -2.18. The molecule has 0 saturated carbocycles. The van der Waals surface area contributed by atoms with Gasteiger partial charge in [0.05, 0.1) is 4.90 Å². The van der Waals surface area contributed by atoms with E-state index in [0.717, 1.165) is 16.3 Å². The van der Waals surface area contributed by atoms with Crippen LogP contribution >= 0.6 is 0 Å². The summed E-state index contributed by atoms with van der Waals surface area (Å²) in [6.07, 6.45) is 1.90. The molecule has 8 heteroatoms. The van der Waals surface area contributed by atoms with E-state index < -0.39 is 22.0 Å². The van der Waals surface area contributed by atoms with Crippen LogP contribution in [0.3, 0.4) is 0 Å². The molecule has 4 rings (SSSR count). The van der Waals surface area contributed by atoms with Crippen molar-refractivity contribution < 1.29 is 13.2 Å². The molecule has 0 saturated heterocycles. The van der Waals surface area contributed by atoms with Crippen LogP contribution in [0, 0.1) is 0 Å². The number of carbonyl (C=O) groups is 1. The quantitative estimate of drug-likeness (QED) is 0.467. The summed E-state index contributed by atoms with van der Waals surface area (Å²) in [4.78, 5) is 13.1. The molecule has 7 nitrogen and oxygen atoms in total. The topological polar surface area (TPSA) is 93.1 Å². The van der Waals surface area contributed by atoms with Crippen LogP contribution in [0.5, 0.6) is 0 Å². The van der Waals surface area contributed by atoms with Crippen molar-refractivity contribution in [2.24, 2.45) is 7.05 Å². The summed E-state index contributed by atoms with van der Waals surface area (Å²) in [5.41, 5.74) is 0.838. The van der Waals surface area contributed by atoms with Gasteiger partial charge in [0.25, 0.3) is 0 Å². The van der Waals surface area contributed by atoms with Gasteiger partial charge in [-0.05, 0) is 34.9 Å². The highest BCUT2D eigenvalue weighted by molar-refractivity contribution is 7.89. The number of aryl methyl sites for hydroxylation is 1. The Morgan fingerprint density at radius 3 is 2.39 bits per heavy atom. The summed E-state index contributed by atoms with van der Waals surface area (Å²) in [5.74, 6) is -0.123. The molecule has 0 bridgehead atoms. The molecule has 1 heterocycles. The van der Waals surface area contributed by atoms with Gasteiger partial charge >= 0.3 is 0 Å². The van der Waals surface area contributed by atoms with E-state index in [1.165, 1.54) is 0 Å². The van der Waals surface area contributed by atoms with Gasteiger partial charge in [-0.15, -0.1) is 0 Å².